The lowest BCUT2D eigenvalue weighted by atomic mass is 10.1. The van der Waals surface area contributed by atoms with Gasteiger partial charge in [-0.05, 0) is 31.5 Å². The summed E-state index contributed by atoms with van der Waals surface area (Å²) in [5.41, 5.74) is 0.851. The van der Waals surface area contributed by atoms with Gasteiger partial charge in [-0.25, -0.2) is 4.79 Å². The number of nitrogens with one attached hydrogen (secondary N) is 1. The SMILES string of the molecule is COc1cc2c(cc1OC)SC1N(C2)C(=O)NC1(C)C. The summed E-state index contributed by atoms with van der Waals surface area (Å²) in [4.78, 5) is 15.1. The standard InChI is InChI=1S/C14H18N2O3S/c1-14(2)12-16(13(17)15-14)7-8-5-9(18-3)10(19-4)6-11(8)20-12/h5-6,12H,7H2,1-4H3,(H,15,17). The van der Waals surface area contributed by atoms with Crippen molar-refractivity contribution < 1.29 is 14.3 Å². The Balaban J connectivity index is 2.02. The van der Waals surface area contributed by atoms with E-state index in [-0.39, 0.29) is 16.9 Å². The molecule has 1 aromatic rings. The predicted octanol–water partition coefficient (Wildman–Crippen LogP) is 2.44. The summed E-state index contributed by atoms with van der Waals surface area (Å²) in [5.74, 6) is 1.42. The molecule has 0 saturated carbocycles. The van der Waals surface area contributed by atoms with Gasteiger partial charge in [0.1, 0.15) is 5.37 Å². The average Bonchev–Trinajstić information content (AvgIpc) is 2.64. The quantitative estimate of drug-likeness (QED) is 0.910. The van der Waals surface area contributed by atoms with Gasteiger partial charge in [-0.2, -0.15) is 0 Å². The molecule has 1 aromatic carbocycles. The second kappa shape index (κ2) is 4.48. The van der Waals surface area contributed by atoms with Gasteiger partial charge in [0.25, 0.3) is 0 Å². The van der Waals surface area contributed by atoms with Crippen LogP contribution in [0.1, 0.15) is 19.4 Å². The number of rotatable bonds is 2. The lowest BCUT2D eigenvalue weighted by molar-refractivity contribution is 0.210. The largest absolute Gasteiger partial charge is 0.493 e. The summed E-state index contributed by atoms with van der Waals surface area (Å²) in [6.07, 6.45) is 0. The van der Waals surface area contributed by atoms with Crippen molar-refractivity contribution in [2.24, 2.45) is 0 Å². The molecule has 0 aromatic heterocycles. The summed E-state index contributed by atoms with van der Waals surface area (Å²) < 4.78 is 10.7. The van der Waals surface area contributed by atoms with Gasteiger partial charge in [0.15, 0.2) is 11.5 Å². The molecule has 6 heteroatoms. The Morgan fingerprint density at radius 2 is 1.95 bits per heavy atom. The lowest BCUT2D eigenvalue weighted by Gasteiger charge is -2.35. The number of carbonyl (C=O) groups is 1. The minimum absolute atomic E-state index is 0.00654. The van der Waals surface area contributed by atoms with Crippen LogP contribution in [0.4, 0.5) is 4.79 Å². The summed E-state index contributed by atoms with van der Waals surface area (Å²) in [5, 5.41) is 3.13. The van der Waals surface area contributed by atoms with Crippen molar-refractivity contribution in [3.63, 3.8) is 0 Å². The minimum atomic E-state index is -0.243. The Bertz CT molecular complexity index is 574. The van der Waals surface area contributed by atoms with Crippen LogP contribution in [0.3, 0.4) is 0 Å². The van der Waals surface area contributed by atoms with Gasteiger partial charge in [-0.1, -0.05) is 11.8 Å². The lowest BCUT2D eigenvalue weighted by Crippen LogP contribution is -2.43. The first kappa shape index (κ1) is 13.4. The molecule has 0 aliphatic carbocycles. The maximum atomic E-state index is 12.1. The highest BCUT2D eigenvalue weighted by Crippen LogP contribution is 2.46. The molecule has 0 radical (unpaired) electrons. The number of benzene rings is 1. The molecule has 0 spiro atoms. The third-order valence-corrected chi connectivity index (χ3v) is 5.44. The number of nitrogens with zero attached hydrogens (tertiary/aromatic N) is 1. The van der Waals surface area contributed by atoms with Crippen LogP contribution < -0.4 is 14.8 Å². The number of thioether (sulfide) groups is 1. The fourth-order valence-corrected chi connectivity index (χ4v) is 4.05. The van der Waals surface area contributed by atoms with Crippen molar-refractivity contribution in [1.82, 2.24) is 10.2 Å². The van der Waals surface area contributed by atoms with Gasteiger partial charge in [0.05, 0.1) is 19.8 Å². The van der Waals surface area contributed by atoms with E-state index in [4.69, 9.17) is 9.47 Å². The molecular formula is C14H18N2O3S. The second-order valence-corrected chi connectivity index (χ2v) is 6.69. The van der Waals surface area contributed by atoms with E-state index in [2.05, 4.69) is 5.32 Å². The first-order valence-corrected chi connectivity index (χ1v) is 7.34. The van der Waals surface area contributed by atoms with E-state index in [1.807, 2.05) is 30.9 Å². The zero-order chi connectivity index (χ0) is 14.5. The van der Waals surface area contributed by atoms with Crippen LogP contribution in [0.2, 0.25) is 0 Å². The Morgan fingerprint density at radius 1 is 1.30 bits per heavy atom. The normalized spacial score (nSPS) is 22.9. The number of urea groups is 1. The average molecular weight is 294 g/mol. The van der Waals surface area contributed by atoms with Crippen molar-refractivity contribution in [3.05, 3.63) is 17.7 Å². The highest BCUT2D eigenvalue weighted by atomic mass is 32.2. The Labute approximate surface area is 122 Å². The van der Waals surface area contributed by atoms with E-state index >= 15 is 0 Å². The van der Waals surface area contributed by atoms with Crippen molar-refractivity contribution in [2.75, 3.05) is 14.2 Å². The molecule has 2 aliphatic rings. The van der Waals surface area contributed by atoms with Crippen LogP contribution in [0.25, 0.3) is 0 Å². The highest BCUT2D eigenvalue weighted by molar-refractivity contribution is 8.00. The van der Waals surface area contributed by atoms with E-state index in [1.165, 1.54) is 0 Å². The zero-order valence-corrected chi connectivity index (χ0v) is 12.8. The van der Waals surface area contributed by atoms with E-state index < -0.39 is 0 Å². The van der Waals surface area contributed by atoms with Crippen molar-refractivity contribution in [1.29, 1.82) is 0 Å². The molecule has 1 unspecified atom stereocenters. The Morgan fingerprint density at radius 3 is 2.60 bits per heavy atom. The Hall–Kier alpha value is -1.56. The number of amides is 2. The number of hydrogen-bond donors (Lipinski definition) is 1. The number of fused-ring (bicyclic) bond motifs is 2. The number of ether oxygens (including phenoxy) is 2. The molecule has 1 saturated heterocycles. The van der Waals surface area contributed by atoms with Crippen molar-refractivity contribution >= 4 is 17.8 Å². The molecule has 1 fully saturated rings. The van der Waals surface area contributed by atoms with E-state index in [9.17, 15) is 4.79 Å². The van der Waals surface area contributed by atoms with Crippen LogP contribution in [-0.2, 0) is 6.54 Å². The fourth-order valence-electron chi connectivity index (χ4n) is 2.71. The van der Waals surface area contributed by atoms with E-state index in [0.717, 1.165) is 16.2 Å². The highest BCUT2D eigenvalue weighted by Gasteiger charge is 2.48. The molecule has 1 atom stereocenters. The molecule has 0 bridgehead atoms. The summed E-state index contributed by atoms with van der Waals surface area (Å²) >= 11 is 1.69. The van der Waals surface area contributed by atoms with Crippen LogP contribution in [0, 0.1) is 0 Å². The van der Waals surface area contributed by atoms with Crippen LogP contribution in [0.5, 0.6) is 11.5 Å². The van der Waals surface area contributed by atoms with Gasteiger partial charge in [-0.3, -0.25) is 0 Å². The number of methoxy groups -OCH3 is 2. The first-order valence-electron chi connectivity index (χ1n) is 6.46. The van der Waals surface area contributed by atoms with Crippen molar-refractivity contribution in [3.8, 4) is 11.5 Å². The monoisotopic (exact) mass is 294 g/mol. The number of carbonyl (C=O) groups excluding carboxylic acids is 1. The molecule has 5 nitrogen and oxygen atoms in total. The van der Waals surface area contributed by atoms with Gasteiger partial charge in [-0.15, -0.1) is 0 Å². The maximum absolute atomic E-state index is 12.1. The fraction of sp³-hybridized carbons (Fsp3) is 0.500. The van der Waals surface area contributed by atoms with E-state index in [1.54, 1.807) is 26.0 Å². The maximum Gasteiger partial charge on any atom is 0.319 e. The molecular weight excluding hydrogens is 276 g/mol. The number of hydrogen-bond acceptors (Lipinski definition) is 4. The molecule has 108 valence electrons. The van der Waals surface area contributed by atoms with Crippen LogP contribution in [0.15, 0.2) is 17.0 Å². The molecule has 2 heterocycles. The van der Waals surface area contributed by atoms with Crippen molar-refractivity contribution in [2.45, 2.75) is 36.2 Å². The zero-order valence-electron chi connectivity index (χ0n) is 12.0. The second-order valence-electron chi connectivity index (χ2n) is 5.56. The predicted molar refractivity (Wildman–Crippen MR) is 77.3 cm³/mol. The van der Waals surface area contributed by atoms with E-state index in [0.29, 0.717) is 12.3 Å². The molecule has 20 heavy (non-hydrogen) atoms. The van der Waals surface area contributed by atoms with Crippen LogP contribution >= 0.6 is 11.8 Å². The topological polar surface area (TPSA) is 50.8 Å². The third kappa shape index (κ3) is 1.90. The molecule has 2 amide bonds. The minimum Gasteiger partial charge on any atom is -0.493 e. The first-order chi connectivity index (χ1) is 9.46. The van der Waals surface area contributed by atoms with Crippen LogP contribution in [-0.4, -0.2) is 36.1 Å². The third-order valence-electron chi connectivity index (χ3n) is 3.74. The Kier molecular flexibility index (Phi) is 3.01. The molecule has 1 N–H and O–H groups in total. The van der Waals surface area contributed by atoms with Gasteiger partial charge >= 0.3 is 6.03 Å². The molecule has 2 aliphatic heterocycles. The van der Waals surface area contributed by atoms with Gasteiger partial charge < -0.3 is 19.7 Å². The van der Waals surface area contributed by atoms with Gasteiger partial charge in [0, 0.05) is 11.4 Å². The summed E-state index contributed by atoms with van der Waals surface area (Å²) in [6.45, 7) is 4.70. The smallest absolute Gasteiger partial charge is 0.319 e. The molecule has 3 rings (SSSR count). The van der Waals surface area contributed by atoms with Gasteiger partial charge in [0.2, 0.25) is 0 Å². The summed E-state index contributed by atoms with van der Waals surface area (Å²) in [6, 6.07) is 3.94. The summed E-state index contributed by atoms with van der Waals surface area (Å²) in [7, 11) is 3.25.